The molecule has 6 nitrogen and oxygen atoms in total. The Morgan fingerprint density at radius 3 is 2.73 bits per heavy atom. The van der Waals surface area contributed by atoms with Crippen molar-refractivity contribution < 1.29 is 14.7 Å². The van der Waals surface area contributed by atoms with E-state index in [2.05, 4.69) is 17.2 Å². The van der Waals surface area contributed by atoms with Crippen LogP contribution in [0.25, 0.3) is 0 Å². The van der Waals surface area contributed by atoms with E-state index < -0.39 is 6.09 Å². The third-order valence-corrected chi connectivity index (χ3v) is 4.15. The number of carboxylic acid groups (broad SMARTS) is 1. The molecule has 1 aromatic rings. The molecule has 1 atom stereocenters. The van der Waals surface area contributed by atoms with Crippen LogP contribution in [0.4, 0.5) is 4.79 Å². The molecule has 1 unspecified atom stereocenters. The van der Waals surface area contributed by atoms with Gasteiger partial charge in [0.05, 0.1) is 11.6 Å². The van der Waals surface area contributed by atoms with E-state index in [0.717, 1.165) is 25.9 Å². The van der Waals surface area contributed by atoms with Crippen molar-refractivity contribution in [2.24, 2.45) is 5.92 Å². The van der Waals surface area contributed by atoms with Crippen molar-refractivity contribution in [2.75, 3.05) is 19.6 Å². The molecule has 2 N–H and O–H groups in total. The van der Waals surface area contributed by atoms with Gasteiger partial charge in [-0.1, -0.05) is 13.0 Å². The third-order valence-electron chi connectivity index (χ3n) is 4.15. The summed E-state index contributed by atoms with van der Waals surface area (Å²) in [4.78, 5) is 29.6. The summed E-state index contributed by atoms with van der Waals surface area (Å²) in [6.45, 7) is 3.99. The van der Waals surface area contributed by atoms with Crippen LogP contribution < -0.4 is 5.32 Å². The molecule has 1 fully saturated rings. The average molecular weight is 305 g/mol. The lowest BCUT2D eigenvalue weighted by Gasteiger charge is -2.33. The minimum absolute atomic E-state index is 0.0535. The van der Waals surface area contributed by atoms with Crippen molar-refractivity contribution >= 4 is 12.0 Å². The summed E-state index contributed by atoms with van der Waals surface area (Å²) in [6, 6.07) is 5.49. The normalized spacial score (nSPS) is 17.0. The number of piperidine rings is 1. The highest BCUT2D eigenvalue weighted by Crippen LogP contribution is 2.24. The minimum atomic E-state index is -1.07. The van der Waals surface area contributed by atoms with Crippen molar-refractivity contribution in [3.63, 3.8) is 0 Å². The zero-order valence-corrected chi connectivity index (χ0v) is 12.9. The number of pyridine rings is 1. The van der Waals surface area contributed by atoms with Gasteiger partial charge in [-0.25, -0.2) is 4.79 Å². The lowest BCUT2D eigenvalue weighted by molar-refractivity contribution is -0.134. The van der Waals surface area contributed by atoms with Crippen molar-refractivity contribution in [3.8, 4) is 0 Å². The first-order chi connectivity index (χ1) is 10.6. The SMILES string of the molecule is CC1CCN(C(=O)C(CCNC(=O)O)c2ccccn2)CC1. The summed E-state index contributed by atoms with van der Waals surface area (Å²) < 4.78 is 0. The second-order valence-corrected chi connectivity index (χ2v) is 5.84. The Morgan fingerprint density at radius 1 is 1.41 bits per heavy atom. The number of amides is 2. The van der Waals surface area contributed by atoms with Crippen LogP contribution >= 0.6 is 0 Å². The van der Waals surface area contributed by atoms with Gasteiger partial charge >= 0.3 is 6.09 Å². The van der Waals surface area contributed by atoms with Gasteiger partial charge in [0, 0.05) is 25.8 Å². The molecule has 0 spiro atoms. The Kier molecular flexibility index (Phi) is 5.75. The first-order valence-electron chi connectivity index (χ1n) is 7.74. The first kappa shape index (κ1) is 16.3. The number of carbonyl (C=O) groups is 2. The number of hydrogen-bond acceptors (Lipinski definition) is 3. The maximum Gasteiger partial charge on any atom is 0.404 e. The summed E-state index contributed by atoms with van der Waals surface area (Å²) in [5.41, 5.74) is 0.707. The highest BCUT2D eigenvalue weighted by molar-refractivity contribution is 5.83. The topological polar surface area (TPSA) is 82.5 Å². The van der Waals surface area contributed by atoms with Gasteiger partial charge < -0.3 is 15.3 Å². The summed E-state index contributed by atoms with van der Waals surface area (Å²) in [5, 5.41) is 11.0. The molecular formula is C16H23N3O3. The van der Waals surface area contributed by atoms with Gasteiger partial charge in [0.1, 0.15) is 0 Å². The van der Waals surface area contributed by atoms with E-state index in [9.17, 15) is 9.59 Å². The van der Waals surface area contributed by atoms with Crippen LogP contribution in [0.2, 0.25) is 0 Å². The standard InChI is InChI=1S/C16H23N3O3/c1-12-6-10-19(11-7-12)15(20)13(5-9-18-16(21)22)14-4-2-3-8-17-14/h2-4,8,12-13,18H,5-7,9-11H2,1H3,(H,21,22). The van der Waals surface area contributed by atoms with E-state index in [-0.39, 0.29) is 18.4 Å². The molecule has 22 heavy (non-hydrogen) atoms. The highest BCUT2D eigenvalue weighted by Gasteiger charge is 2.28. The van der Waals surface area contributed by atoms with E-state index >= 15 is 0 Å². The van der Waals surface area contributed by atoms with Crippen LogP contribution in [0.1, 0.15) is 37.8 Å². The van der Waals surface area contributed by atoms with Gasteiger partial charge in [0.25, 0.3) is 0 Å². The quantitative estimate of drug-likeness (QED) is 0.872. The maximum atomic E-state index is 12.8. The van der Waals surface area contributed by atoms with Gasteiger partial charge in [-0.3, -0.25) is 9.78 Å². The summed E-state index contributed by atoms with van der Waals surface area (Å²) in [7, 11) is 0. The van der Waals surface area contributed by atoms with Crippen LogP contribution in [0.3, 0.4) is 0 Å². The Morgan fingerprint density at radius 2 is 2.14 bits per heavy atom. The van der Waals surface area contributed by atoms with Gasteiger partial charge in [0.2, 0.25) is 5.91 Å². The van der Waals surface area contributed by atoms with Gasteiger partial charge in [-0.2, -0.15) is 0 Å². The van der Waals surface area contributed by atoms with E-state index in [1.165, 1.54) is 0 Å². The molecule has 2 rings (SSSR count). The van der Waals surface area contributed by atoms with E-state index in [4.69, 9.17) is 5.11 Å². The molecule has 1 saturated heterocycles. The van der Waals surface area contributed by atoms with E-state index in [0.29, 0.717) is 18.0 Å². The lowest BCUT2D eigenvalue weighted by Crippen LogP contribution is -2.41. The number of nitrogens with zero attached hydrogens (tertiary/aromatic N) is 2. The van der Waals surface area contributed by atoms with Crippen LogP contribution in [-0.2, 0) is 4.79 Å². The fourth-order valence-electron chi connectivity index (χ4n) is 2.75. The third kappa shape index (κ3) is 4.44. The number of carbonyl (C=O) groups excluding carboxylic acids is 1. The maximum absolute atomic E-state index is 12.8. The van der Waals surface area contributed by atoms with Gasteiger partial charge in [-0.15, -0.1) is 0 Å². The summed E-state index contributed by atoms with van der Waals surface area (Å²) in [6.07, 6.45) is 3.06. The molecule has 0 bridgehead atoms. The van der Waals surface area contributed by atoms with Crippen LogP contribution in [0.15, 0.2) is 24.4 Å². The molecule has 0 radical (unpaired) electrons. The fourth-order valence-corrected chi connectivity index (χ4v) is 2.75. The number of likely N-dealkylation sites (tertiary alicyclic amines) is 1. The molecule has 0 aromatic carbocycles. The Balaban J connectivity index is 2.06. The van der Waals surface area contributed by atoms with Crippen molar-refractivity contribution in [1.29, 1.82) is 0 Å². The molecule has 2 amide bonds. The molecule has 0 aliphatic carbocycles. The molecule has 0 saturated carbocycles. The summed E-state index contributed by atoms with van der Waals surface area (Å²) >= 11 is 0. The predicted molar refractivity (Wildman–Crippen MR) is 82.6 cm³/mol. The predicted octanol–water partition coefficient (Wildman–Crippen LogP) is 2.08. The minimum Gasteiger partial charge on any atom is -0.465 e. The number of hydrogen-bond donors (Lipinski definition) is 2. The molecule has 120 valence electrons. The zero-order chi connectivity index (χ0) is 15.9. The average Bonchev–Trinajstić information content (AvgIpc) is 2.52. The van der Waals surface area contributed by atoms with Crippen molar-refractivity contribution in [1.82, 2.24) is 15.2 Å². The second-order valence-electron chi connectivity index (χ2n) is 5.84. The number of aromatic nitrogens is 1. The lowest BCUT2D eigenvalue weighted by atomic mass is 9.94. The Hall–Kier alpha value is -2.11. The number of nitrogens with one attached hydrogen (secondary N) is 1. The summed E-state index contributed by atoms with van der Waals surface area (Å²) in [5.74, 6) is 0.324. The molecule has 1 aliphatic heterocycles. The van der Waals surface area contributed by atoms with Crippen molar-refractivity contribution in [2.45, 2.75) is 32.1 Å². The molecule has 6 heteroatoms. The van der Waals surface area contributed by atoms with Crippen LogP contribution in [0, 0.1) is 5.92 Å². The molecular weight excluding hydrogens is 282 g/mol. The van der Waals surface area contributed by atoms with Crippen LogP contribution in [-0.4, -0.2) is 46.6 Å². The fraction of sp³-hybridized carbons (Fsp3) is 0.562. The van der Waals surface area contributed by atoms with Gasteiger partial charge in [0.15, 0.2) is 0 Å². The van der Waals surface area contributed by atoms with Crippen molar-refractivity contribution in [3.05, 3.63) is 30.1 Å². The van der Waals surface area contributed by atoms with Crippen LogP contribution in [0.5, 0.6) is 0 Å². The largest absolute Gasteiger partial charge is 0.465 e. The first-order valence-corrected chi connectivity index (χ1v) is 7.74. The highest BCUT2D eigenvalue weighted by atomic mass is 16.4. The smallest absolute Gasteiger partial charge is 0.404 e. The van der Waals surface area contributed by atoms with E-state index in [1.807, 2.05) is 23.1 Å². The zero-order valence-electron chi connectivity index (χ0n) is 12.9. The molecule has 1 aliphatic rings. The number of rotatable bonds is 5. The monoisotopic (exact) mass is 305 g/mol. The van der Waals surface area contributed by atoms with Gasteiger partial charge in [-0.05, 0) is 37.3 Å². The van der Waals surface area contributed by atoms with E-state index in [1.54, 1.807) is 6.20 Å². The molecule has 1 aromatic heterocycles. The second kappa shape index (κ2) is 7.77. The molecule has 2 heterocycles. The Bertz CT molecular complexity index is 499. The Labute approximate surface area is 130 Å².